The molecule has 6 nitrogen and oxygen atoms in total. The largest absolute Gasteiger partial charge is 0.341 e. The molecule has 2 atom stereocenters. The summed E-state index contributed by atoms with van der Waals surface area (Å²) in [5, 5.41) is 9.01. The Balaban J connectivity index is 0.00000210. The van der Waals surface area contributed by atoms with Crippen LogP contribution in [0.4, 0.5) is 5.95 Å². The highest BCUT2D eigenvalue weighted by Gasteiger charge is 2.25. The maximum Gasteiger partial charge on any atom is 0.207 e. The van der Waals surface area contributed by atoms with Crippen LogP contribution in [0.1, 0.15) is 37.1 Å². The Morgan fingerprint density at radius 3 is 2.78 bits per heavy atom. The minimum atomic E-state index is 0. The number of benzene rings is 1. The number of rotatable bonds is 3. The second-order valence-electron chi connectivity index (χ2n) is 6.88. The van der Waals surface area contributed by atoms with E-state index >= 15 is 0 Å². The summed E-state index contributed by atoms with van der Waals surface area (Å²) < 4.78 is 2.24. The van der Waals surface area contributed by atoms with Gasteiger partial charge >= 0.3 is 0 Å². The van der Waals surface area contributed by atoms with Crippen LogP contribution in [-0.2, 0) is 0 Å². The third-order valence-corrected chi connectivity index (χ3v) is 5.05. The Bertz CT molecular complexity index is 959. The van der Waals surface area contributed by atoms with Gasteiger partial charge in [-0.25, -0.2) is 4.98 Å². The number of aromatic nitrogens is 3. The monoisotopic (exact) mass is 382 g/mol. The number of halogens is 1. The summed E-state index contributed by atoms with van der Waals surface area (Å²) >= 11 is 0. The average Bonchev–Trinajstić information content (AvgIpc) is 3.07. The molecule has 0 amide bonds. The normalized spacial score (nSPS) is 18.0. The molecule has 0 aliphatic carbocycles. The van der Waals surface area contributed by atoms with Gasteiger partial charge in [-0.1, -0.05) is 12.1 Å². The summed E-state index contributed by atoms with van der Waals surface area (Å²) in [5.74, 6) is 0.944. The van der Waals surface area contributed by atoms with Crippen LogP contribution in [0.15, 0.2) is 42.6 Å². The lowest BCUT2D eigenvalue weighted by molar-refractivity contribution is 0.489. The standard InChI is InChI=1S/C20H22N6.ClH/c1-14(17-9-8-15(11-21)12-23-17)26-19-7-3-2-6-18(19)24-20(26)25-10-4-5-16(22)13-25;/h2-3,6-9,12,14,16H,4-5,10,13,22H2,1H3;1H/t14-,16+;/m1./s1. The summed E-state index contributed by atoms with van der Waals surface area (Å²) in [6.07, 6.45) is 3.76. The van der Waals surface area contributed by atoms with E-state index in [1.54, 1.807) is 6.20 Å². The molecule has 0 saturated carbocycles. The number of pyridine rings is 1. The molecule has 0 unspecified atom stereocenters. The van der Waals surface area contributed by atoms with Crippen molar-refractivity contribution in [3.05, 3.63) is 53.9 Å². The van der Waals surface area contributed by atoms with Gasteiger partial charge in [-0.2, -0.15) is 5.26 Å². The molecule has 1 saturated heterocycles. The zero-order valence-corrected chi connectivity index (χ0v) is 16.1. The number of anilines is 1. The number of nitrogens with zero attached hydrogens (tertiary/aromatic N) is 5. The summed E-state index contributed by atoms with van der Waals surface area (Å²) in [4.78, 5) is 11.7. The molecule has 0 radical (unpaired) electrons. The fraction of sp³-hybridized carbons (Fsp3) is 0.350. The average molecular weight is 383 g/mol. The number of fused-ring (bicyclic) bond motifs is 1. The van der Waals surface area contributed by atoms with Gasteiger partial charge < -0.3 is 15.2 Å². The van der Waals surface area contributed by atoms with Crippen LogP contribution in [-0.4, -0.2) is 33.7 Å². The van der Waals surface area contributed by atoms with E-state index in [2.05, 4.69) is 33.5 Å². The van der Waals surface area contributed by atoms with Crippen molar-refractivity contribution in [1.82, 2.24) is 14.5 Å². The second-order valence-corrected chi connectivity index (χ2v) is 6.88. The van der Waals surface area contributed by atoms with Gasteiger partial charge in [0.1, 0.15) is 6.07 Å². The van der Waals surface area contributed by atoms with E-state index in [1.807, 2.05) is 30.3 Å². The van der Waals surface area contributed by atoms with Crippen molar-refractivity contribution < 1.29 is 0 Å². The Morgan fingerprint density at radius 2 is 2.07 bits per heavy atom. The van der Waals surface area contributed by atoms with Gasteiger partial charge in [0.15, 0.2) is 0 Å². The second kappa shape index (κ2) is 7.95. The Morgan fingerprint density at radius 1 is 1.26 bits per heavy atom. The van der Waals surface area contributed by atoms with E-state index in [4.69, 9.17) is 16.0 Å². The topological polar surface area (TPSA) is 83.8 Å². The van der Waals surface area contributed by atoms with E-state index in [1.165, 1.54) is 0 Å². The molecule has 1 aliphatic rings. The molecule has 3 aromatic rings. The summed E-state index contributed by atoms with van der Waals surface area (Å²) in [6, 6.07) is 14.2. The fourth-order valence-corrected chi connectivity index (χ4v) is 3.68. The molecule has 4 rings (SSSR count). The SMILES string of the molecule is C[C@H](c1ccc(C#N)cn1)n1c(N2CCC[C@H](N)C2)nc2ccccc21.Cl. The van der Waals surface area contributed by atoms with Gasteiger partial charge in [0.05, 0.1) is 28.3 Å². The molecule has 1 aliphatic heterocycles. The smallest absolute Gasteiger partial charge is 0.207 e. The molecular weight excluding hydrogens is 360 g/mol. The predicted octanol–water partition coefficient (Wildman–Crippen LogP) is 3.26. The first kappa shape index (κ1) is 19.2. The molecule has 1 aromatic carbocycles. The van der Waals surface area contributed by atoms with Crippen LogP contribution in [0.3, 0.4) is 0 Å². The number of para-hydroxylation sites is 2. The third kappa shape index (κ3) is 3.61. The Hall–Kier alpha value is -2.62. The number of hydrogen-bond donors (Lipinski definition) is 1. The van der Waals surface area contributed by atoms with Crippen LogP contribution >= 0.6 is 12.4 Å². The zero-order chi connectivity index (χ0) is 18.1. The van der Waals surface area contributed by atoms with Crippen LogP contribution in [0, 0.1) is 11.3 Å². The van der Waals surface area contributed by atoms with Crippen molar-refractivity contribution in [3.8, 4) is 6.07 Å². The zero-order valence-electron chi connectivity index (χ0n) is 15.2. The highest BCUT2D eigenvalue weighted by atomic mass is 35.5. The minimum Gasteiger partial charge on any atom is -0.341 e. The number of nitrogens with two attached hydrogens (primary N) is 1. The van der Waals surface area contributed by atoms with Crippen molar-refractivity contribution in [2.24, 2.45) is 5.73 Å². The summed E-state index contributed by atoms with van der Waals surface area (Å²) in [6.45, 7) is 3.90. The number of piperidine rings is 1. The van der Waals surface area contributed by atoms with Crippen molar-refractivity contribution in [3.63, 3.8) is 0 Å². The number of imidazole rings is 1. The first-order valence-electron chi connectivity index (χ1n) is 9.01. The molecule has 1 fully saturated rings. The molecule has 27 heavy (non-hydrogen) atoms. The van der Waals surface area contributed by atoms with Gasteiger partial charge in [0, 0.05) is 25.3 Å². The maximum atomic E-state index is 9.01. The number of hydrogen-bond acceptors (Lipinski definition) is 5. The fourth-order valence-electron chi connectivity index (χ4n) is 3.68. The van der Waals surface area contributed by atoms with Crippen molar-refractivity contribution in [1.29, 1.82) is 5.26 Å². The summed E-state index contributed by atoms with van der Waals surface area (Å²) in [5.41, 5.74) is 9.74. The molecule has 7 heteroatoms. The van der Waals surface area contributed by atoms with E-state index < -0.39 is 0 Å². The first-order chi connectivity index (χ1) is 12.7. The lowest BCUT2D eigenvalue weighted by Gasteiger charge is -2.33. The molecule has 2 aromatic heterocycles. The van der Waals surface area contributed by atoms with Crippen LogP contribution in [0.25, 0.3) is 11.0 Å². The number of nitriles is 1. The molecule has 0 spiro atoms. The van der Waals surface area contributed by atoms with Crippen molar-refractivity contribution in [2.75, 3.05) is 18.0 Å². The maximum absolute atomic E-state index is 9.01. The van der Waals surface area contributed by atoms with Crippen LogP contribution in [0.2, 0.25) is 0 Å². The molecule has 140 valence electrons. The lowest BCUT2D eigenvalue weighted by atomic mass is 10.1. The predicted molar refractivity (Wildman–Crippen MR) is 109 cm³/mol. The highest BCUT2D eigenvalue weighted by molar-refractivity contribution is 5.85. The van der Waals surface area contributed by atoms with E-state index in [0.29, 0.717) is 5.56 Å². The van der Waals surface area contributed by atoms with Crippen LogP contribution in [0.5, 0.6) is 0 Å². The van der Waals surface area contributed by atoms with E-state index in [0.717, 1.165) is 48.6 Å². The molecular formula is C20H23ClN6. The minimum absolute atomic E-state index is 0. The van der Waals surface area contributed by atoms with Crippen LogP contribution < -0.4 is 10.6 Å². The van der Waals surface area contributed by atoms with Crippen molar-refractivity contribution in [2.45, 2.75) is 31.8 Å². The Kier molecular flexibility index (Phi) is 5.64. The van der Waals surface area contributed by atoms with E-state index in [9.17, 15) is 0 Å². The van der Waals surface area contributed by atoms with Gasteiger partial charge in [0.25, 0.3) is 0 Å². The van der Waals surface area contributed by atoms with E-state index in [-0.39, 0.29) is 24.5 Å². The highest BCUT2D eigenvalue weighted by Crippen LogP contribution is 2.31. The van der Waals surface area contributed by atoms with Gasteiger partial charge in [-0.15, -0.1) is 12.4 Å². The lowest BCUT2D eigenvalue weighted by Crippen LogP contribution is -2.44. The first-order valence-corrected chi connectivity index (χ1v) is 9.01. The summed E-state index contributed by atoms with van der Waals surface area (Å²) in [7, 11) is 0. The molecule has 0 bridgehead atoms. The Labute approximate surface area is 165 Å². The third-order valence-electron chi connectivity index (χ3n) is 5.05. The van der Waals surface area contributed by atoms with Crippen molar-refractivity contribution >= 4 is 29.4 Å². The molecule has 2 N–H and O–H groups in total. The molecule has 3 heterocycles. The quantitative estimate of drug-likeness (QED) is 0.751. The van der Waals surface area contributed by atoms with Gasteiger partial charge in [-0.3, -0.25) is 4.98 Å². The van der Waals surface area contributed by atoms with Gasteiger partial charge in [-0.05, 0) is 44.0 Å². The van der Waals surface area contributed by atoms with Gasteiger partial charge in [0.2, 0.25) is 5.95 Å².